The van der Waals surface area contributed by atoms with Gasteiger partial charge in [0.15, 0.2) is 11.5 Å². The normalized spacial score (nSPS) is 17.4. The summed E-state index contributed by atoms with van der Waals surface area (Å²) < 4.78 is 36.8. The summed E-state index contributed by atoms with van der Waals surface area (Å²) >= 11 is 4.09. The minimum atomic E-state index is -4.13. The smallest absolute Gasteiger partial charge is 0.339 e. The number of hydrogen-bond acceptors (Lipinski definition) is 8. The Balaban J connectivity index is 1.56. The van der Waals surface area contributed by atoms with Crippen molar-refractivity contribution in [1.29, 1.82) is 0 Å². The number of halogens is 1. The third kappa shape index (κ3) is 6.36. The van der Waals surface area contributed by atoms with E-state index in [4.69, 9.17) is 8.92 Å². The molecule has 0 aliphatic carbocycles. The summed E-state index contributed by atoms with van der Waals surface area (Å²) in [5.74, 6) is -0.697. The summed E-state index contributed by atoms with van der Waals surface area (Å²) in [6.07, 6.45) is 4.39. The van der Waals surface area contributed by atoms with Crippen molar-refractivity contribution in [2.45, 2.75) is 31.1 Å². The molecule has 0 aromatic heterocycles. The predicted octanol–water partition coefficient (Wildman–Crippen LogP) is 4.66. The maximum atomic E-state index is 12.9. The molecule has 0 radical (unpaired) electrons. The van der Waals surface area contributed by atoms with Gasteiger partial charge in [-0.2, -0.15) is 8.42 Å². The number of amides is 3. The molecule has 0 bridgehead atoms. The molecule has 12 heteroatoms. The van der Waals surface area contributed by atoms with Crippen LogP contribution >= 0.6 is 27.7 Å². The Morgan fingerprint density at radius 2 is 1.81 bits per heavy atom. The molecule has 2 saturated heterocycles. The van der Waals surface area contributed by atoms with Gasteiger partial charge in [-0.15, -0.1) is 0 Å². The van der Waals surface area contributed by atoms with Crippen LogP contribution < -0.4 is 8.92 Å². The van der Waals surface area contributed by atoms with E-state index in [2.05, 4.69) is 15.9 Å². The molecular weight excluding hydrogens is 584 g/mol. The zero-order valence-electron chi connectivity index (χ0n) is 20.0. The number of likely N-dealkylation sites (tertiary alicyclic amines) is 1. The number of ether oxygens (including phenoxy) is 1. The van der Waals surface area contributed by atoms with Crippen molar-refractivity contribution in [2.75, 3.05) is 26.2 Å². The molecule has 4 rings (SSSR count). The van der Waals surface area contributed by atoms with E-state index in [-0.39, 0.29) is 44.8 Å². The van der Waals surface area contributed by atoms with Crippen molar-refractivity contribution in [2.24, 2.45) is 0 Å². The summed E-state index contributed by atoms with van der Waals surface area (Å²) in [5, 5.41) is -0.514. The second kappa shape index (κ2) is 11.7. The molecular formula is C25H25BrN2O7S2. The van der Waals surface area contributed by atoms with E-state index in [1.54, 1.807) is 36.1 Å². The molecule has 0 unspecified atom stereocenters. The van der Waals surface area contributed by atoms with Crippen LogP contribution in [0, 0.1) is 0 Å². The highest BCUT2D eigenvalue weighted by molar-refractivity contribution is 9.10. The molecule has 2 aliphatic heterocycles. The van der Waals surface area contributed by atoms with Crippen molar-refractivity contribution in [3.63, 3.8) is 0 Å². The number of benzene rings is 2. The standard InChI is InChI=1S/C25H25BrN2O7S2/c1-2-34-20-14-17(13-19(26)23(20)35-37(32,33)18-9-5-3-6-10-18)15-21-24(30)28(25(31)36-21)16-22(29)27-11-7-4-8-12-27/h3,5-6,9-10,13-15H,2,4,7-8,11-12,16H2,1H3/b21-15-. The number of rotatable bonds is 8. The monoisotopic (exact) mass is 608 g/mol. The molecule has 37 heavy (non-hydrogen) atoms. The van der Waals surface area contributed by atoms with E-state index in [9.17, 15) is 22.8 Å². The van der Waals surface area contributed by atoms with Gasteiger partial charge in [0.25, 0.3) is 11.1 Å². The molecule has 3 amide bonds. The van der Waals surface area contributed by atoms with Gasteiger partial charge in [-0.1, -0.05) is 18.2 Å². The maximum absolute atomic E-state index is 12.9. The first-order chi connectivity index (χ1) is 17.7. The lowest BCUT2D eigenvalue weighted by atomic mass is 10.1. The third-order valence-corrected chi connectivity index (χ3v) is 8.46. The average molecular weight is 610 g/mol. The zero-order chi connectivity index (χ0) is 26.6. The van der Waals surface area contributed by atoms with Crippen LogP contribution in [0.2, 0.25) is 0 Å². The van der Waals surface area contributed by atoms with Gasteiger partial charge >= 0.3 is 10.1 Å². The van der Waals surface area contributed by atoms with E-state index in [0.29, 0.717) is 18.7 Å². The van der Waals surface area contributed by atoms with Crippen LogP contribution in [0.5, 0.6) is 11.5 Å². The fraction of sp³-hybridized carbons (Fsp3) is 0.320. The van der Waals surface area contributed by atoms with E-state index in [0.717, 1.165) is 35.9 Å². The van der Waals surface area contributed by atoms with Crippen LogP contribution in [-0.4, -0.2) is 61.5 Å². The fourth-order valence-corrected chi connectivity index (χ4v) is 6.39. The van der Waals surface area contributed by atoms with Gasteiger partial charge in [-0.05, 0) is 89.8 Å². The molecule has 2 aromatic carbocycles. The number of thioether (sulfide) groups is 1. The molecule has 9 nitrogen and oxygen atoms in total. The van der Waals surface area contributed by atoms with Gasteiger partial charge in [0.2, 0.25) is 5.91 Å². The fourth-order valence-electron chi connectivity index (χ4n) is 3.93. The lowest BCUT2D eigenvalue weighted by Gasteiger charge is -2.27. The largest absolute Gasteiger partial charge is 0.490 e. The third-order valence-electron chi connectivity index (χ3n) is 5.73. The molecule has 196 valence electrons. The van der Waals surface area contributed by atoms with Crippen LogP contribution in [0.4, 0.5) is 4.79 Å². The minimum absolute atomic E-state index is 0.0128. The lowest BCUT2D eigenvalue weighted by molar-refractivity contribution is -0.136. The number of hydrogen-bond donors (Lipinski definition) is 0. The Morgan fingerprint density at radius 1 is 1.11 bits per heavy atom. The first kappa shape index (κ1) is 27.2. The van der Waals surface area contributed by atoms with Gasteiger partial charge < -0.3 is 13.8 Å². The molecule has 0 spiro atoms. The Bertz CT molecular complexity index is 1340. The number of piperidine rings is 1. The summed E-state index contributed by atoms with van der Waals surface area (Å²) in [4.78, 5) is 40.8. The van der Waals surface area contributed by atoms with Crippen LogP contribution in [0.1, 0.15) is 31.7 Å². The number of carbonyl (C=O) groups excluding carboxylic acids is 3. The van der Waals surface area contributed by atoms with Gasteiger partial charge in [-0.3, -0.25) is 19.3 Å². The van der Waals surface area contributed by atoms with Crippen LogP contribution in [0.15, 0.2) is 56.7 Å². The van der Waals surface area contributed by atoms with Crippen LogP contribution in [0.25, 0.3) is 6.08 Å². The van der Waals surface area contributed by atoms with E-state index < -0.39 is 21.3 Å². The summed E-state index contributed by atoms with van der Waals surface area (Å²) in [5.41, 5.74) is 0.479. The van der Waals surface area contributed by atoms with Gasteiger partial charge in [0.05, 0.1) is 16.0 Å². The van der Waals surface area contributed by atoms with Gasteiger partial charge in [0.1, 0.15) is 11.4 Å². The van der Waals surface area contributed by atoms with Crippen LogP contribution in [-0.2, 0) is 19.7 Å². The Hall–Kier alpha value is -2.83. The van der Waals surface area contributed by atoms with Crippen molar-refractivity contribution in [1.82, 2.24) is 9.80 Å². The molecule has 0 saturated carbocycles. The molecule has 2 heterocycles. The van der Waals surface area contributed by atoms with Crippen LogP contribution in [0.3, 0.4) is 0 Å². The molecule has 2 aliphatic rings. The maximum Gasteiger partial charge on any atom is 0.339 e. The summed E-state index contributed by atoms with van der Waals surface area (Å²) in [6, 6.07) is 10.8. The topological polar surface area (TPSA) is 110 Å². The Morgan fingerprint density at radius 3 is 2.49 bits per heavy atom. The molecule has 2 fully saturated rings. The van der Waals surface area contributed by atoms with E-state index >= 15 is 0 Å². The van der Waals surface area contributed by atoms with Crippen molar-refractivity contribution in [3.05, 3.63) is 57.4 Å². The SMILES string of the molecule is CCOc1cc(/C=C2\SC(=O)N(CC(=O)N3CCCCC3)C2=O)cc(Br)c1OS(=O)(=O)c1ccccc1. The summed E-state index contributed by atoms with van der Waals surface area (Å²) in [7, 11) is -4.13. The van der Waals surface area contributed by atoms with Crippen molar-refractivity contribution in [3.8, 4) is 11.5 Å². The second-order valence-electron chi connectivity index (χ2n) is 8.32. The van der Waals surface area contributed by atoms with Crippen molar-refractivity contribution >= 4 is 60.9 Å². The highest BCUT2D eigenvalue weighted by atomic mass is 79.9. The van der Waals surface area contributed by atoms with E-state index in [1.807, 2.05) is 0 Å². The molecule has 2 aromatic rings. The number of nitrogens with zero attached hydrogens (tertiary/aromatic N) is 2. The summed E-state index contributed by atoms with van der Waals surface area (Å²) in [6.45, 7) is 2.94. The van der Waals surface area contributed by atoms with Gasteiger partial charge in [0, 0.05) is 13.1 Å². The highest BCUT2D eigenvalue weighted by Gasteiger charge is 2.37. The Labute approximate surface area is 228 Å². The molecule has 0 N–H and O–H groups in total. The highest BCUT2D eigenvalue weighted by Crippen LogP contribution is 2.40. The predicted molar refractivity (Wildman–Crippen MR) is 143 cm³/mol. The second-order valence-corrected chi connectivity index (χ2v) is 11.7. The van der Waals surface area contributed by atoms with E-state index in [1.165, 1.54) is 24.3 Å². The first-order valence-electron chi connectivity index (χ1n) is 11.7. The Kier molecular flexibility index (Phi) is 8.60. The quantitative estimate of drug-likeness (QED) is 0.314. The van der Waals surface area contributed by atoms with Crippen molar-refractivity contribution < 1.29 is 31.7 Å². The average Bonchev–Trinajstić information content (AvgIpc) is 3.14. The molecule has 0 atom stereocenters. The lowest BCUT2D eigenvalue weighted by Crippen LogP contribution is -2.44. The minimum Gasteiger partial charge on any atom is -0.490 e. The van der Waals surface area contributed by atoms with Gasteiger partial charge in [-0.25, -0.2) is 0 Å². The first-order valence-corrected chi connectivity index (χ1v) is 14.7. The number of carbonyl (C=O) groups is 3. The number of imide groups is 1. The zero-order valence-corrected chi connectivity index (χ0v) is 23.2.